The predicted octanol–water partition coefficient (Wildman–Crippen LogP) is 2.04. The van der Waals surface area contributed by atoms with Crippen molar-refractivity contribution in [1.29, 1.82) is 0 Å². The van der Waals surface area contributed by atoms with Crippen molar-refractivity contribution in [3.8, 4) is 0 Å². The first-order valence-electron chi connectivity index (χ1n) is 5.12. The average molecular weight is 225 g/mol. The fraction of sp³-hybridized carbons (Fsp3) is 0.545. The van der Waals surface area contributed by atoms with Gasteiger partial charge >= 0.3 is 5.97 Å². The third-order valence-electron chi connectivity index (χ3n) is 2.89. The highest BCUT2D eigenvalue weighted by Crippen LogP contribution is 2.31. The van der Waals surface area contributed by atoms with E-state index in [1.165, 1.54) is 21.8 Å². The number of rotatable bonds is 1. The van der Waals surface area contributed by atoms with Crippen LogP contribution >= 0.6 is 11.3 Å². The zero-order valence-electron chi connectivity index (χ0n) is 8.99. The summed E-state index contributed by atoms with van der Waals surface area (Å²) >= 11 is 1.44. The summed E-state index contributed by atoms with van der Waals surface area (Å²) in [5, 5.41) is 8.94. The maximum atomic E-state index is 10.9. The van der Waals surface area contributed by atoms with Gasteiger partial charge in [-0.3, -0.25) is 0 Å². The smallest absolute Gasteiger partial charge is 0.345 e. The molecule has 0 radical (unpaired) electrons. The molecule has 0 fully saturated rings. The molecular weight excluding hydrogens is 210 g/mol. The molecule has 0 aromatic carbocycles. The lowest BCUT2D eigenvalue weighted by molar-refractivity contribution is 0.0702. The molecule has 4 heteroatoms. The van der Waals surface area contributed by atoms with E-state index in [2.05, 4.69) is 18.9 Å². The van der Waals surface area contributed by atoms with Crippen molar-refractivity contribution >= 4 is 17.3 Å². The third-order valence-corrected chi connectivity index (χ3v) is 4.09. The molecular formula is C11H15NO2S. The summed E-state index contributed by atoms with van der Waals surface area (Å²) < 4.78 is 0. The predicted molar refractivity (Wildman–Crippen MR) is 60.9 cm³/mol. The van der Waals surface area contributed by atoms with E-state index in [4.69, 9.17) is 5.11 Å². The summed E-state index contributed by atoms with van der Waals surface area (Å²) in [6.45, 7) is 4.21. The molecule has 1 N–H and O–H groups in total. The van der Waals surface area contributed by atoms with Crippen molar-refractivity contribution in [3.05, 3.63) is 21.4 Å². The Hall–Kier alpha value is -0.870. The molecule has 1 aliphatic heterocycles. The van der Waals surface area contributed by atoms with E-state index < -0.39 is 5.97 Å². The molecule has 82 valence electrons. The highest BCUT2D eigenvalue weighted by atomic mass is 32.1. The Morgan fingerprint density at radius 2 is 2.40 bits per heavy atom. The largest absolute Gasteiger partial charge is 0.477 e. The van der Waals surface area contributed by atoms with Crippen LogP contribution < -0.4 is 0 Å². The summed E-state index contributed by atoms with van der Waals surface area (Å²) in [4.78, 5) is 14.9. The molecule has 1 aromatic rings. The van der Waals surface area contributed by atoms with Gasteiger partial charge in [0.1, 0.15) is 4.88 Å². The van der Waals surface area contributed by atoms with Gasteiger partial charge in [0, 0.05) is 18.0 Å². The Kier molecular flexibility index (Phi) is 2.80. The first-order chi connectivity index (χ1) is 7.08. The summed E-state index contributed by atoms with van der Waals surface area (Å²) in [6.07, 6.45) is 0.980. The van der Waals surface area contributed by atoms with Gasteiger partial charge in [-0.15, -0.1) is 11.3 Å². The van der Waals surface area contributed by atoms with Crippen LogP contribution in [0.5, 0.6) is 0 Å². The molecule has 1 aliphatic rings. The maximum absolute atomic E-state index is 10.9. The van der Waals surface area contributed by atoms with Crippen LogP contribution in [0.3, 0.4) is 0 Å². The Labute approximate surface area is 93.3 Å². The van der Waals surface area contributed by atoms with E-state index in [9.17, 15) is 4.79 Å². The van der Waals surface area contributed by atoms with Crippen LogP contribution in [0.2, 0.25) is 0 Å². The molecule has 15 heavy (non-hydrogen) atoms. The molecule has 1 aromatic heterocycles. The number of likely N-dealkylation sites (N-methyl/N-ethyl adjacent to an activating group) is 1. The van der Waals surface area contributed by atoms with E-state index in [1.54, 1.807) is 0 Å². The van der Waals surface area contributed by atoms with Gasteiger partial charge in [-0.05, 0) is 31.0 Å². The molecule has 3 nitrogen and oxygen atoms in total. The van der Waals surface area contributed by atoms with Crippen molar-refractivity contribution in [3.63, 3.8) is 0 Å². The zero-order chi connectivity index (χ0) is 11.0. The molecule has 2 heterocycles. The number of carboxylic acid groups (broad SMARTS) is 1. The van der Waals surface area contributed by atoms with E-state index in [1.807, 2.05) is 6.07 Å². The number of hydrogen-bond donors (Lipinski definition) is 1. The monoisotopic (exact) mass is 225 g/mol. The molecule has 0 amide bonds. The Morgan fingerprint density at radius 1 is 1.67 bits per heavy atom. The number of carbonyl (C=O) groups is 1. The maximum Gasteiger partial charge on any atom is 0.345 e. The van der Waals surface area contributed by atoms with Gasteiger partial charge in [-0.1, -0.05) is 6.92 Å². The number of carboxylic acids is 1. The minimum Gasteiger partial charge on any atom is -0.477 e. The Bertz CT molecular complexity index is 386. The molecule has 0 aliphatic carbocycles. The van der Waals surface area contributed by atoms with Crippen molar-refractivity contribution in [2.45, 2.75) is 19.3 Å². The van der Waals surface area contributed by atoms with Crippen LogP contribution in [0.25, 0.3) is 0 Å². The lowest BCUT2D eigenvalue weighted by Crippen LogP contribution is -2.22. The lowest BCUT2D eigenvalue weighted by atomic mass is 10.0. The number of fused-ring (bicyclic) bond motifs is 1. The second-order valence-electron chi connectivity index (χ2n) is 4.21. The summed E-state index contributed by atoms with van der Waals surface area (Å²) in [6, 6.07) is 1.85. The molecule has 0 saturated carbocycles. The number of hydrogen-bond acceptors (Lipinski definition) is 3. The highest BCUT2D eigenvalue weighted by molar-refractivity contribution is 7.14. The van der Waals surface area contributed by atoms with Crippen molar-refractivity contribution < 1.29 is 9.90 Å². The fourth-order valence-electron chi connectivity index (χ4n) is 2.11. The standard InChI is InChI=1S/C11H15NO2S/c1-7-6-12(2)4-3-9-8(7)5-10(15-9)11(13)14/h5,7H,3-4,6H2,1-2H3,(H,13,14). The van der Waals surface area contributed by atoms with Gasteiger partial charge < -0.3 is 10.0 Å². The van der Waals surface area contributed by atoms with Gasteiger partial charge in [0.2, 0.25) is 0 Å². The fourth-order valence-corrected chi connectivity index (χ4v) is 3.22. The molecule has 0 saturated heterocycles. The first kappa shape index (κ1) is 10.6. The van der Waals surface area contributed by atoms with E-state index in [0.717, 1.165) is 19.5 Å². The van der Waals surface area contributed by atoms with Crippen LogP contribution in [-0.2, 0) is 6.42 Å². The van der Waals surface area contributed by atoms with Crippen molar-refractivity contribution in [1.82, 2.24) is 4.90 Å². The first-order valence-corrected chi connectivity index (χ1v) is 5.94. The van der Waals surface area contributed by atoms with Gasteiger partial charge in [-0.25, -0.2) is 4.79 Å². The van der Waals surface area contributed by atoms with Crippen LogP contribution in [0.4, 0.5) is 0 Å². The topological polar surface area (TPSA) is 40.5 Å². The third kappa shape index (κ3) is 2.06. The van der Waals surface area contributed by atoms with E-state index >= 15 is 0 Å². The lowest BCUT2D eigenvalue weighted by Gasteiger charge is -2.16. The van der Waals surface area contributed by atoms with Gasteiger partial charge in [0.15, 0.2) is 0 Å². The normalized spacial score (nSPS) is 22.1. The molecule has 0 spiro atoms. The SMILES string of the molecule is CC1CN(C)CCc2sc(C(=O)O)cc21. The molecule has 1 atom stereocenters. The second-order valence-corrected chi connectivity index (χ2v) is 5.34. The van der Waals surface area contributed by atoms with E-state index in [-0.39, 0.29) is 0 Å². The van der Waals surface area contributed by atoms with Crippen LogP contribution in [0.15, 0.2) is 6.07 Å². The van der Waals surface area contributed by atoms with Gasteiger partial charge in [0.25, 0.3) is 0 Å². The quantitative estimate of drug-likeness (QED) is 0.795. The molecule has 2 rings (SSSR count). The molecule has 1 unspecified atom stereocenters. The van der Waals surface area contributed by atoms with Crippen LogP contribution in [-0.4, -0.2) is 36.1 Å². The summed E-state index contributed by atoms with van der Waals surface area (Å²) in [5.74, 6) is -0.356. The minimum atomic E-state index is -0.798. The zero-order valence-corrected chi connectivity index (χ0v) is 9.80. The molecule has 0 bridgehead atoms. The Balaban J connectivity index is 2.35. The highest BCUT2D eigenvalue weighted by Gasteiger charge is 2.22. The summed E-state index contributed by atoms with van der Waals surface area (Å²) in [7, 11) is 2.12. The Morgan fingerprint density at radius 3 is 3.07 bits per heavy atom. The van der Waals surface area contributed by atoms with Crippen LogP contribution in [0.1, 0.15) is 33.0 Å². The number of thiophene rings is 1. The minimum absolute atomic E-state index is 0.442. The van der Waals surface area contributed by atoms with Crippen molar-refractivity contribution in [2.24, 2.45) is 0 Å². The summed E-state index contributed by atoms with van der Waals surface area (Å²) in [5.41, 5.74) is 1.24. The number of aromatic carboxylic acids is 1. The van der Waals surface area contributed by atoms with Gasteiger partial charge in [0.05, 0.1) is 0 Å². The van der Waals surface area contributed by atoms with Crippen LogP contribution in [0, 0.1) is 0 Å². The van der Waals surface area contributed by atoms with Crippen molar-refractivity contribution in [2.75, 3.05) is 20.1 Å². The average Bonchev–Trinajstić information content (AvgIpc) is 2.53. The second kappa shape index (κ2) is 3.94. The van der Waals surface area contributed by atoms with E-state index in [0.29, 0.717) is 10.8 Å². The van der Waals surface area contributed by atoms with Gasteiger partial charge in [-0.2, -0.15) is 0 Å². The number of nitrogens with zero attached hydrogens (tertiary/aromatic N) is 1.